The van der Waals surface area contributed by atoms with Crippen LogP contribution in [0.25, 0.3) is 0 Å². The maximum absolute atomic E-state index is 13.0. The Morgan fingerprint density at radius 1 is 1.30 bits per heavy atom. The first kappa shape index (κ1) is 23.8. The van der Waals surface area contributed by atoms with Gasteiger partial charge in [0.15, 0.2) is 0 Å². The Bertz CT molecular complexity index is 1210. The second-order valence-electron chi connectivity index (χ2n) is 7.80. The summed E-state index contributed by atoms with van der Waals surface area (Å²) in [5.74, 6) is 0. The van der Waals surface area contributed by atoms with Gasteiger partial charge < -0.3 is 4.90 Å². The fraction of sp³-hybridized carbons (Fsp3) is 0.333. The SMILES string of the molecule is CN(c1ccc(S(=O)(=O)Nc2ncns2)cc1Cl)C1CCN(Cc2cccc(C(F)F)c2)C1. The predicted molar refractivity (Wildman–Crippen MR) is 126 cm³/mol. The van der Waals surface area contributed by atoms with Gasteiger partial charge in [-0.25, -0.2) is 22.2 Å². The molecule has 1 atom stereocenters. The third kappa shape index (κ3) is 5.60. The van der Waals surface area contributed by atoms with Crippen molar-refractivity contribution < 1.29 is 17.2 Å². The number of likely N-dealkylation sites (tertiary alicyclic amines) is 1. The van der Waals surface area contributed by atoms with Gasteiger partial charge in [0, 0.05) is 49.8 Å². The van der Waals surface area contributed by atoms with Gasteiger partial charge in [-0.05, 0) is 36.2 Å². The van der Waals surface area contributed by atoms with Gasteiger partial charge in [-0.15, -0.1) is 0 Å². The minimum Gasteiger partial charge on any atom is -0.369 e. The highest BCUT2D eigenvalue weighted by atomic mass is 35.5. The molecule has 1 unspecified atom stereocenters. The number of halogens is 3. The molecule has 2 aromatic carbocycles. The molecule has 1 aromatic heterocycles. The van der Waals surface area contributed by atoms with Gasteiger partial charge in [0.25, 0.3) is 16.4 Å². The summed E-state index contributed by atoms with van der Waals surface area (Å²) in [4.78, 5) is 8.11. The van der Waals surface area contributed by atoms with E-state index in [9.17, 15) is 17.2 Å². The fourth-order valence-corrected chi connectivity index (χ4v) is 5.95. The summed E-state index contributed by atoms with van der Waals surface area (Å²) in [5.41, 5.74) is 1.60. The van der Waals surface area contributed by atoms with Gasteiger partial charge in [0.1, 0.15) is 6.33 Å². The van der Waals surface area contributed by atoms with Gasteiger partial charge in [-0.3, -0.25) is 9.62 Å². The van der Waals surface area contributed by atoms with Crippen molar-refractivity contribution in [2.75, 3.05) is 29.8 Å². The number of likely N-dealkylation sites (N-methyl/N-ethyl adjacent to an activating group) is 1. The minimum atomic E-state index is -3.83. The highest BCUT2D eigenvalue weighted by Crippen LogP contribution is 2.32. The van der Waals surface area contributed by atoms with Crippen LogP contribution in [0.15, 0.2) is 53.7 Å². The molecule has 7 nitrogen and oxygen atoms in total. The average molecular weight is 514 g/mol. The normalized spacial score (nSPS) is 16.9. The summed E-state index contributed by atoms with van der Waals surface area (Å²) in [6.45, 7) is 2.15. The van der Waals surface area contributed by atoms with Gasteiger partial charge in [-0.2, -0.15) is 4.37 Å². The molecule has 176 valence electrons. The molecule has 2 heterocycles. The molecular formula is C21H22ClF2N5O2S2. The quantitative estimate of drug-likeness (QED) is 0.473. The van der Waals surface area contributed by atoms with E-state index in [0.29, 0.717) is 11.6 Å². The van der Waals surface area contributed by atoms with Crippen LogP contribution in [0.1, 0.15) is 24.0 Å². The maximum Gasteiger partial charge on any atom is 0.263 e. The van der Waals surface area contributed by atoms with Crippen LogP contribution >= 0.6 is 23.1 Å². The van der Waals surface area contributed by atoms with Crippen molar-refractivity contribution >= 4 is 44.0 Å². The molecule has 1 aliphatic rings. The Labute approximate surface area is 200 Å². The third-order valence-corrected chi connectivity index (χ3v) is 7.95. The Morgan fingerprint density at radius 2 is 2.12 bits per heavy atom. The molecule has 0 radical (unpaired) electrons. The molecule has 0 amide bonds. The van der Waals surface area contributed by atoms with E-state index in [2.05, 4.69) is 19.0 Å². The number of alkyl halides is 2. The first-order valence-electron chi connectivity index (χ1n) is 10.1. The van der Waals surface area contributed by atoms with E-state index in [4.69, 9.17) is 11.6 Å². The van der Waals surface area contributed by atoms with Gasteiger partial charge in [0.2, 0.25) is 5.13 Å². The first-order valence-corrected chi connectivity index (χ1v) is 12.8. The lowest BCUT2D eigenvalue weighted by Gasteiger charge is -2.28. The number of nitrogens with zero attached hydrogens (tertiary/aromatic N) is 4. The molecule has 1 saturated heterocycles. The number of sulfonamides is 1. The standard InChI is InChI=1S/C21H22ClF2N5O2S2/c1-28(16-7-8-29(12-16)11-14-3-2-4-15(9-14)20(23)24)19-6-5-17(10-18(19)22)33(30,31)27-21-25-13-26-32-21/h2-6,9-10,13,16,20H,7-8,11-12H2,1H3,(H,25,26,27). The van der Waals surface area contributed by atoms with Crippen molar-refractivity contribution in [2.24, 2.45) is 0 Å². The number of aromatic nitrogens is 2. The van der Waals surface area contributed by atoms with Crippen LogP contribution in [0.4, 0.5) is 19.6 Å². The molecule has 0 bridgehead atoms. The molecular weight excluding hydrogens is 492 g/mol. The number of hydrogen-bond acceptors (Lipinski definition) is 7. The van der Waals surface area contributed by atoms with E-state index in [1.54, 1.807) is 18.2 Å². The van der Waals surface area contributed by atoms with Crippen LogP contribution in [-0.4, -0.2) is 48.9 Å². The minimum absolute atomic E-state index is 0.0304. The zero-order chi connectivity index (χ0) is 23.6. The summed E-state index contributed by atoms with van der Waals surface area (Å²) in [7, 11) is -1.91. The van der Waals surface area contributed by atoms with Gasteiger partial charge in [0.05, 0.1) is 15.6 Å². The highest BCUT2D eigenvalue weighted by Gasteiger charge is 2.28. The smallest absolute Gasteiger partial charge is 0.263 e. The molecule has 1 fully saturated rings. The molecule has 1 aliphatic heterocycles. The monoisotopic (exact) mass is 513 g/mol. The number of rotatable bonds is 8. The van der Waals surface area contributed by atoms with Crippen LogP contribution < -0.4 is 9.62 Å². The number of anilines is 2. The Morgan fingerprint density at radius 3 is 2.82 bits per heavy atom. The van der Waals surface area contributed by atoms with E-state index >= 15 is 0 Å². The molecule has 0 aliphatic carbocycles. The zero-order valence-electron chi connectivity index (χ0n) is 17.7. The van der Waals surface area contributed by atoms with E-state index in [1.807, 2.05) is 18.0 Å². The summed E-state index contributed by atoms with van der Waals surface area (Å²) < 4.78 is 57.2. The average Bonchev–Trinajstić information content (AvgIpc) is 3.45. The number of benzene rings is 2. The molecule has 33 heavy (non-hydrogen) atoms. The van der Waals surface area contributed by atoms with E-state index < -0.39 is 16.4 Å². The molecule has 0 saturated carbocycles. The van der Waals surface area contributed by atoms with Crippen molar-refractivity contribution in [2.45, 2.75) is 30.3 Å². The summed E-state index contributed by atoms with van der Waals surface area (Å²) in [6.07, 6.45) is -0.335. The van der Waals surface area contributed by atoms with Gasteiger partial charge >= 0.3 is 0 Å². The molecule has 0 spiro atoms. The number of nitrogens with one attached hydrogen (secondary N) is 1. The Kier molecular flexibility index (Phi) is 7.13. The third-order valence-electron chi connectivity index (χ3n) is 5.60. The van der Waals surface area contributed by atoms with Crippen molar-refractivity contribution in [1.82, 2.24) is 14.3 Å². The van der Waals surface area contributed by atoms with Crippen molar-refractivity contribution in [3.05, 3.63) is 64.9 Å². The van der Waals surface area contributed by atoms with E-state index in [1.165, 1.54) is 24.5 Å². The van der Waals surface area contributed by atoms with Crippen molar-refractivity contribution in [3.8, 4) is 0 Å². The largest absolute Gasteiger partial charge is 0.369 e. The Balaban J connectivity index is 1.42. The second kappa shape index (κ2) is 9.88. The van der Waals surface area contributed by atoms with Crippen LogP contribution in [0, 0.1) is 0 Å². The first-order chi connectivity index (χ1) is 15.7. The van der Waals surface area contributed by atoms with Crippen molar-refractivity contribution in [1.29, 1.82) is 0 Å². The van der Waals surface area contributed by atoms with Gasteiger partial charge in [-0.1, -0.05) is 29.8 Å². The van der Waals surface area contributed by atoms with Crippen LogP contribution in [0.3, 0.4) is 0 Å². The summed E-state index contributed by atoms with van der Waals surface area (Å²) in [6, 6.07) is 11.3. The lowest BCUT2D eigenvalue weighted by atomic mass is 10.1. The highest BCUT2D eigenvalue weighted by molar-refractivity contribution is 7.93. The summed E-state index contributed by atoms with van der Waals surface area (Å²) in [5, 5.41) is 0.498. The van der Waals surface area contributed by atoms with E-state index in [0.717, 1.165) is 42.3 Å². The van der Waals surface area contributed by atoms with E-state index in [-0.39, 0.29) is 21.6 Å². The lowest BCUT2D eigenvalue weighted by Crippen LogP contribution is -2.34. The predicted octanol–water partition coefficient (Wildman–Crippen LogP) is 4.64. The second-order valence-corrected chi connectivity index (χ2v) is 10.7. The maximum atomic E-state index is 13.0. The summed E-state index contributed by atoms with van der Waals surface area (Å²) >= 11 is 7.40. The van der Waals surface area contributed by atoms with Crippen LogP contribution in [0.5, 0.6) is 0 Å². The topological polar surface area (TPSA) is 78.4 Å². The van der Waals surface area contributed by atoms with Crippen LogP contribution in [0.2, 0.25) is 5.02 Å². The fourth-order valence-electron chi connectivity index (χ4n) is 3.89. The number of hydrogen-bond donors (Lipinski definition) is 1. The van der Waals surface area contributed by atoms with Crippen molar-refractivity contribution in [3.63, 3.8) is 0 Å². The molecule has 1 N–H and O–H groups in total. The molecule has 12 heteroatoms. The molecule has 3 aromatic rings. The molecule has 4 rings (SSSR count). The van der Waals surface area contributed by atoms with Crippen LogP contribution in [-0.2, 0) is 16.6 Å². The zero-order valence-corrected chi connectivity index (χ0v) is 20.0. The Hall–Kier alpha value is -2.34. The lowest BCUT2D eigenvalue weighted by molar-refractivity contribution is 0.151.